The van der Waals surface area contributed by atoms with E-state index in [0.717, 1.165) is 5.56 Å². The number of ether oxygens (including phenoxy) is 2. The maximum absolute atomic E-state index is 12.6. The average Bonchev–Trinajstić information content (AvgIpc) is 3.10. The lowest BCUT2D eigenvalue weighted by Crippen LogP contribution is -2.39. The predicted octanol–water partition coefficient (Wildman–Crippen LogP) is 2.71. The molecule has 0 saturated carbocycles. The number of carbonyl (C=O) groups is 3. The van der Waals surface area contributed by atoms with E-state index < -0.39 is 6.04 Å². The van der Waals surface area contributed by atoms with Crippen molar-refractivity contribution in [2.24, 2.45) is 0 Å². The summed E-state index contributed by atoms with van der Waals surface area (Å²) in [5, 5.41) is 11.2. The maximum Gasteiger partial charge on any atom is 0.287 e. The Kier molecular flexibility index (Phi) is 6.09. The molecule has 0 radical (unpaired) electrons. The van der Waals surface area contributed by atoms with Gasteiger partial charge in [0.1, 0.15) is 17.5 Å². The molecule has 1 fully saturated rings. The Bertz CT molecular complexity index is 1060. The molecule has 8 nitrogen and oxygen atoms in total. The fourth-order valence-electron chi connectivity index (χ4n) is 3.37. The van der Waals surface area contributed by atoms with E-state index in [1.165, 1.54) is 0 Å². The first-order valence-corrected chi connectivity index (χ1v) is 10.6. The van der Waals surface area contributed by atoms with Gasteiger partial charge in [-0.15, -0.1) is 0 Å². The van der Waals surface area contributed by atoms with Crippen LogP contribution in [0.4, 0.5) is 4.79 Å². The van der Waals surface area contributed by atoms with Gasteiger partial charge in [-0.2, -0.15) is 5.26 Å². The Morgan fingerprint density at radius 2 is 2.00 bits per heavy atom. The van der Waals surface area contributed by atoms with Gasteiger partial charge in [-0.3, -0.25) is 14.4 Å². The van der Waals surface area contributed by atoms with Crippen LogP contribution in [0.1, 0.15) is 27.9 Å². The topological polar surface area (TPSA) is 109 Å². The van der Waals surface area contributed by atoms with Gasteiger partial charge in [0.05, 0.1) is 23.8 Å². The lowest BCUT2D eigenvalue weighted by molar-refractivity contribution is -0.112. The molecule has 31 heavy (non-hydrogen) atoms. The molecule has 1 unspecified atom stereocenters. The van der Waals surface area contributed by atoms with Crippen molar-refractivity contribution in [2.45, 2.75) is 18.9 Å². The molecule has 1 atom stereocenters. The lowest BCUT2D eigenvalue weighted by Gasteiger charge is -2.28. The number of nitrogens with one attached hydrogen (secondary N) is 1. The minimum Gasteiger partial charge on any atom is -0.494 e. The second-order valence-electron chi connectivity index (χ2n) is 7.12. The molecule has 2 aromatic rings. The standard InChI is InChI=1S/C22H19N3O5S/c23-12-15-4-7-19-17(10-15)20(26)25(13-30-19)8-1-9-29-16-5-2-14(3-6-16)11-18-21(27)31-22(28)24-18/h2-7,10,18H,1,8-9,11,13H2,(H,24,28). The van der Waals surface area contributed by atoms with Crippen LogP contribution in [0.5, 0.6) is 11.5 Å². The zero-order chi connectivity index (χ0) is 21.8. The molecule has 9 heteroatoms. The van der Waals surface area contributed by atoms with Gasteiger partial charge >= 0.3 is 0 Å². The molecular formula is C22H19N3O5S. The largest absolute Gasteiger partial charge is 0.494 e. The van der Waals surface area contributed by atoms with Gasteiger partial charge < -0.3 is 19.7 Å². The third kappa shape index (κ3) is 4.81. The van der Waals surface area contributed by atoms with E-state index in [1.807, 2.05) is 30.3 Å². The van der Waals surface area contributed by atoms with Crippen LogP contribution in [0.15, 0.2) is 42.5 Å². The van der Waals surface area contributed by atoms with Gasteiger partial charge in [-0.1, -0.05) is 12.1 Å². The first kappa shape index (κ1) is 20.8. The van der Waals surface area contributed by atoms with Gasteiger partial charge in [0, 0.05) is 24.7 Å². The molecule has 4 rings (SSSR count). The number of hydrogen-bond donors (Lipinski definition) is 1. The minimum absolute atomic E-state index is 0.158. The highest BCUT2D eigenvalue weighted by Crippen LogP contribution is 2.26. The molecular weight excluding hydrogens is 418 g/mol. The van der Waals surface area contributed by atoms with E-state index in [9.17, 15) is 14.4 Å². The Labute approximate surface area is 183 Å². The molecule has 0 aliphatic carbocycles. The van der Waals surface area contributed by atoms with E-state index in [1.54, 1.807) is 23.1 Å². The SMILES string of the molecule is N#Cc1ccc2c(c1)C(=O)N(CCCOc1ccc(CC3NC(=O)SC3=O)cc1)CO2. The summed E-state index contributed by atoms with van der Waals surface area (Å²) in [4.78, 5) is 37.1. The Balaban J connectivity index is 1.24. The number of nitriles is 1. The smallest absolute Gasteiger partial charge is 0.287 e. The third-order valence-corrected chi connectivity index (χ3v) is 5.77. The van der Waals surface area contributed by atoms with Crippen LogP contribution in [-0.2, 0) is 11.2 Å². The second kappa shape index (κ2) is 9.10. The molecule has 2 aromatic carbocycles. The fraction of sp³-hybridized carbons (Fsp3) is 0.273. The van der Waals surface area contributed by atoms with Gasteiger partial charge in [-0.05, 0) is 42.3 Å². The molecule has 2 aliphatic rings. The Morgan fingerprint density at radius 1 is 1.19 bits per heavy atom. The van der Waals surface area contributed by atoms with Gasteiger partial charge in [0.25, 0.3) is 11.1 Å². The molecule has 1 saturated heterocycles. The van der Waals surface area contributed by atoms with E-state index >= 15 is 0 Å². The quantitative estimate of drug-likeness (QED) is 0.664. The second-order valence-corrected chi connectivity index (χ2v) is 8.10. The van der Waals surface area contributed by atoms with Crippen LogP contribution in [0.2, 0.25) is 0 Å². The zero-order valence-electron chi connectivity index (χ0n) is 16.5. The summed E-state index contributed by atoms with van der Waals surface area (Å²) in [5.74, 6) is 1.02. The summed E-state index contributed by atoms with van der Waals surface area (Å²) >= 11 is 0.710. The fourth-order valence-corrected chi connectivity index (χ4v) is 4.03. The first-order chi connectivity index (χ1) is 15.0. The van der Waals surface area contributed by atoms with Crippen molar-refractivity contribution >= 4 is 28.0 Å². The van der Waals surface area contributed by atoms with Gasteiger partial charge in [0.15, 0.2) is 6.73 Å². The zero-order valence-corrected chi connectivity index (χ0v) is 17.3. The highest BCUT2D eigenvalue weighted by Gasteiger charge is 2.31. The van der Waals surface area contributed by atoms with Crippen LogP contribution < -0.4 is 14.8 Å². The Morgan fingerprint density at radius 3 is 2.71 bits per heavy atom. The molecule has 2 amide bonds. The molecule has 1 N–H and O–H groups in total. The number of amides is 2. The van der Waals surface area contributed by atoms with Crippen molar-refractivity contribution in [1.29, 1.82) is 5.26 Å². The van der Waals surface area contributed by atoms with Crippen molar-refractivity contribution in [3.8, 4) is 17.6 Å². The summed E-state index contributed by atoms with van der Waals surface area (Å²) in [6.45, 7) is 1.05. The predicted molar refractivity (Wildman–Crippen MR) is 113 cm³/mol. The van der Waals surface area contributed by atoms with Gasteiger partial charge in [-0.25, -0.2) is 0 Å². The van der Waals surface area contributed by atoms with Crippen molar-refractivity contribution in [3.63, 3.8) is 0 Å². The lowest BCUT2D eigenvalue weighted by atomic mass is 10.1. The highest BCUT2D eigenvalue weighted by molar-refractivity contribution is 8.26. The van der Waals surface area contributed by atoms with Crippen LogP contribution in [0.3, 0.4) is 0 Å². The molecule has 2 aliphatic heterocycles. The minimum atomic E-state index is -0.483. The number of hydrogen-bond acceptors (Lipinski definition) is 7. The molecule has 0 spiro atoms. The van der Waals surface area contributed by atoms with Crippen molar-refractivity contribution in [3.05, 3.63) is 59.2 Å². The van der Waals surface area contributed by atoms with Crippen LogP contribution >= 0.6 is 11.8 Å². The molecule has 158 valence electrons. The summed E-state index contributed by atoms with van der Waals surface area (Å²) in [7, 11) is 0. The van der Waals surface area contributed by atoms with Crippen LogP contribution in [0, 0.1) is 11.3 Å². The van der Waals surface area contributed by atoms with E-state index in [-0.39, 0.29) is 23.0 Å². The van der Waals surface area contributed by atoms with Crippen molar-refractivity contribution < 1.29 is 23.9 Å². The third-order valence-electron chi connectivity index (χ3n) is 4.98. The first-order valence-electron chi connectivity index (χ1n) is 9.73. The number of nitrogens with zero attached hydrogens (tertiary/aromatic N) is 2. The summed E-state index contributed by atoms with van der Waals surface area (Å²) in [6, 6.07) is 13.7. The molecule has 2 heterocycles. The van der Waals surface area contributed by atoms with Crippen molar-refractivity contribution in [2.75, 3.05) is 19.9 Å². The van der Waals surface area contributed by atoms with Crippen molar-refractivity contribution in [1.82, 2.24) is 10.2 Å². The molecule has 0 aromatic heterocycles. The summed E-state index contributed by atoms with van der Waals surface area (Å²) in [6.07, 6.45) is 1.06. The Hall–Kier alpha value is -3.51. The van der Waals surface area contributed by atoms with Crippen LogP contribution in [0.25, 0.3) is 0 Å². The number of benzene rings is 2. The van der Waals surface area contributed by atoms with E-state index in [0.29, 0.717) is 60.4 Å². The monoisotopic (exact) mass is 437 g/mol. The number of thioether (sulfide) groups is 1. The van der Waals surface area contributed by atoms with Crippen LogP contribution in [-0.4, -0.2) is 47.1 Å². The number of rotatable bonds is 7. The van der Waals surface area contributed by atoms with E-state index in [4.69, 9.17) is 14.7 Å². The summed E-state index contributed by atoms with van der Waals surface area (Å²) < 4.78 is 11.3. The number of fused-ring (bicyclic) bond motifs is 1. The average molecular weight is 437 g/mol. The number of carbonyl (C=O) groups excluding carboxylic acids is 3. The highest BCUT2D eigenvalue weighted by atomic mass is 32.2. The molecule has 0 bridgehead atoms. The normalized spacial score (nSPS) is 17.6. The van der Waals surface area contributed by atoms with E-state index in [2.05, 4.69) is 5.32 Å². The summed E-state index contributed by atoms with van der Waals surface area (Å²) in [5.41, 5.74) is 1.75. The van der Waals surface area contributed by atoms with Gasteiger partial charge in [0.2, 0.25) is 5.12 Å². The maximum atomic E-state index is 12.6.